The normalized spacial score (nSPS) is 20.6. The molecule has 102 valence electrons. The number of hydrogen-bond donors (Lipinski definition) is 2. The number of nitrogens with zero attached hydrogens (tertiary/aromatic N) is 1. The molecule has 1 fully saturated rings. The Bertz CT molecular complexity index is 507. The fourth-order valence-electron chi connectivity index (χ4n) is 3.52. The minimum atomic E-state index is -0.832. The van der Waals surface area contributed by atoms with Gasteiger partial charge in [0.05, 0.1) is 5.56 Å². The van der Waals surface area contributed by atoms with Crippen LogP contribution in [0.4, 0.5) is 5.69 Å². The Morgan fingerprint density at radius 2 is 2.16 bits per heavy atom. The maximum atomic E-state index is 11.2. The number of carboxylic acid groups (broad SMARTS) is 1. The standard InChI is InChI=1S/C15H20N2O2/c1-2-17-10-15(5-7-16-8-6-15)12-9-11(14(18)19)3-4-13(12)17/h3-4,9,16H,2,5-8,10H2,1H3,(H,18,19). The van der Waals surface area contributed by atoms with E-state index in [2.05, 4.69) is 17.1 Å². The number of rotatable bonds is 2. The van der Waals surface area contributed by atoms with Gasteiger partial charge in [-0.1, -0.05) is 0 Å². The number of carbonyl (C=O) groups is 1. The second-order valence-corrected chi connectivity index (χ2v) is 5.58. The van der Waals surface area contributed by atoms with Gasteiger partial charge in [0.25, 0.3) is 0 Å². The quantitative estimate of drug-likeness (QED) is 0.852. The lowest BCUT2D eigenvalue weighted by Gasteiger charge is -2.35. The van der Waals surface area contributed by atoms with Crippen molar-refractivity contribution in [2.45, 2.75) is 25.2 Å². The Hall–Kier alpha value is -1.55. The highest BCUT2D eigenvalue weighted by Crippen LogP contribution is 2.46. The summed E-state index contributed by atoms with van der Waals surface area (Å²) in [6.07, 6.45) is 2.19. The van der Waals surface area contributed by atoms with Gasteiger partial charge in [-0.05, 0) is 56.6 Å². The van der Waals surface area contributed by atoms with Gasteiger partial charge in [-0.15, -0.1) is 0 Å². The zero-order valence-electron chi connectivity index (χ0n) is 11.3. The number of aromatic carboxylic acids is 1. The summed E-state index contributed by atoms with van der Waals surface area (Å²) in [5.41, 5.74) is 3.04. The highest BCUT2D eigenvalue weighted by atomic mass is 16.4. The van der Waals surface area contributed by atoms with Crippen LogP contribution in [-0.4, -0.2) is 37.3 Å². The molecule has 2 N–H and O–H groups in total. The highest BCUT2D eigenvalue weighted by molar-refractivity contribution is 5.89. The van der Waals surface area contributed by atoms with Crippen LogP contribution in [0.2, 0.25) is 0 Å². The first kappa shape index (κ1) is 12.5. The van der Waals surface area contributed by atoms with Gasteiger partial charge in [-0.25, -0.2) is 4.79 Å². The summed E-state index contributed by atoms with van der Waals surface area (Å²) >= 11 is 0. The highest BCUT2D eigenvalue weighted by Gasteiger charge is 2.43. The van der Waals surface area contributed by atoms with Crippen molar-refractivity contribution in [2.24, 2.45) is 0 Å². The van der Waals surface area contributed by atoms with Gasteiger partial charge in [-0.2, -0.15) is 0 Å². The van der Waals surface area contributed by atoms with Crippen molar-refractivity contribution >= 4 is 11.7 Å². The van der Waals surface area contributed by atoms with E-state index in [-0.39, 0.29) is 5.41 Å². The maximum Gasteiger partial charge on any atom is 0.335 e. The molecule has 4 heteroatoms. The SMILES string of the molecule is CCN1CC2(CCNCC2)c2cc(C(=O)O)ccc21. The average molecular weight is 260 g/mol. The molecule has 3 rings (SSSR count). The summed E-state index contributed by atoms with van der Waals surface area (Å²) in [5.74, 6) is -0.832. The molecule has 0 aliphatic carbocycles. The van der Waals surface area contributed by atoms with Gasteiger partial charge >= 0.3 is 5.97 Å². The molecule has 0 atom stereocenters. The first-order valence-corrected chi connectivity index (χ1v) is 7.00. The van der Waals surface area contributed by atoms with Crippen molar-refractivity contribution in [1.29, 1.82) is 0 Å². The van der Waals surface area contributed by atoms with E-state index in [1.54, 1.807) is 6.07 Å². The van der Waals surface area contributed by atoms with Crippen molar-refractivity contribution in [3.63, 3.8) is 0 Å². The molecule has 1 aromatic rings. The first-order valence-electron chi connectivity index (χ1n) is 7.00. The molecule has 0 amide bonds. The molecule has 2 aliphatic rings. The van der Waals surface area contributed by atoms with Gasteiger partial charge in [-0.3, -0.25) is 0 Å². The number of hydrogen-bond acceptors (Lipinski definition) is 3. The third kappa shape index (κ3) is 1.91. The van der Waals surface area contributed by atoms with E-state index in [0.29, 0.717) is 5.56 Å². The third-order valence-corrected chi connectivity index (χ3v) is 4.59. The Morgan fingerprint density at radius 1 is 1.42 bits per heavy atom. The van der Waals surface area contributed by atoms with E-state index in [4.69, 9.17) is 0 Å². The molecule has 4 nitrogen and oxygen atoms in total. The molecule has 0 aromatic heterocycles. The van der Waals surface area contributed by atoms with Crippen LogP contribution < -0.4 is 10.2 Å². The molecule has 1 saturated heterocycles. The fourth-order valence-corrected chi connectivity index (χ4v) is 3.52. The molecule has 2 aliphatic heterocycles. The summed E-state index contributed by atoms with van der Waals surface area (Å²) in [6, 6.07) is 5.61. The molecular formula is C15H20N2O2. The van der Waals surface area contributed by atoms with Gasteiger partial charge in [0.2, 0.25) is 0 Å². The van der Waals surface area contributed by atoms with E-state index in [1.807, 2.05) is 12.1 Å². The predicted octanol–water partition coefficient (Wildman–Crippen LogP) is 1.85. The van der Waals surface area contributed by atoms with E-state index in [0.717, 1.165) is 39.0 Å². The van der Waals surface area contributed by atoms with E-state index in [1.165, 1.54) is 11.3 Å². The number of likely N-dealkylation sites (N-methyl/N-ethyl adjacent to an activating group) is 1. The molecule has 1 aromatic carbocycles. The molecule has 2 heterocycles. The van der Waals surface area contributed by atoms with E-state index in [9.17, 15) is 9.90 Å². The van der Waals surface area contributed by atoms with Crippen LogP contribution in [0.25, 0.3) is 0 Å². The number of carboxylic acids is 1. The smallest absolute Gasteiger partial charge is 0.335 e. The summed E-state index contributed by atoms with van der Waals surface area (Å²) in [6.45, 7) is 6.22. The van der Waals surface area contributed by atoms with Crippen LogP contribution >= 0.6 is 0 Å². The minimum absolute atomic E-state index is 0.155. The summed E-state index contributed by atoms with van der Waals surface area (Å²) < 4.78 is 0. The molecule has 0 radical (unpaired) electrons. The van der Waals surface area contributed by atoms with E-state index < -0.39 is 5.97 Å². The van der Waals surface area contributed by atoms with Gasteiger partial charge in [0.1, 0.15) is 0 Å². The van der Waals surface area contributed by atoms with Gasteiger partial charge in [0.15, 0.2) is 0 Å². The monoisotopic (exact) mass is 260 g/mol. The summed E-state index contributed by atoms with van der Waals surface area (Å²) in [7, 11) is 0. The molecular weight excluding hydrogens is 240 g/mol. The van der Waals surface area contributed by atoms with Crippen LogP contribution in [0.15, 0.2) is 18.2 Å². The van der Waals surface area contributed by atoms with Crippen molar-refractivity contribution in [3.05, 3.63) is 29.3 Å². The van der Waals surface area contributed by atoms with Crippen LogP contribution in [-0.2, 0) is 5.41 Å². The number of nitrogens with one attached hydrogen (secondary N) is 1. The second-order valence-electron chi connectivity index (χ2n) is 5.58. The third-order valence-electron chi connectivity index (χ3n) is 4.59. The molecule has 0 unspecified atom stereocenters. The predicted molar refractivity (Wildman–Crippen MR) is 75.1 cm³/mol. The number of benzene rings is 1. The van der Waals surface area contributed by atoms with Crippen molar-refractivity contribution in [2.75, 3.05) is 31.1 Å². The van der Waals surface area contributed by atoms with Crippen molar-refractivity contribution in [1.82, 2.24) is 5.32 Å². The Kier molecular flexibility index (Phi) is 2.97. The lowest BCUT2D eigenvalue weighted by Crippen LogP contribution is -2.43. The number of anilines is 1. The largest absolute Gasteiger partial charge is 0.478 e. The first-order chi connectivity index (χ1) is 9.16. The number of piperidine rings is 1. The molecule has 19 heavy (non-hydrogen) atoms. The fraction of sp³-hybridized carbons (Fsp3) is 0.533. The lowest BCUT2D eigenvalue weighted by atomic mass is 9.74. The van der Waals surface area contributed by atoms with Gasteiger partial charge in [0, 0.05) is 24.2 Å². The topological polar surface area (TPSA) is 52.6 Å². The second kappa shape index (κ2) is 4.53. The van der Waals surface area contributed by atoms with Crippen LogP contribution in [0.5, 0.6) is 0 Å². The maximum absolute atomic E-state index is 11.2. The number of fused-ring (bicyclic) bond motifs is 2. The molecule has 0 bridgehead atoms. The molecule has 1 spiro atoms. The Balaban J connectivity index is 2.08. The zero-order chi connectivity index (χ0) is 13.5. The van der Waals surface area contributed by atoms with Crippen LogP contribution in [0.3, 0.4) is 0 Å². The van der Waals surface area contributed by atoms with Crippen LogP contribution in [0, 0.1) is 0 Å². The van der Waals surface area contributed by atoms with Gasteiger partial charge < -0.3 is 15.3 Å². The Morgan fingerprint density at radius 3 is 2.79 bits per heavy atom. The average Bonchev–Trinajstić information content (AvgIpc) is 2.73. The minimum Gasteiger partial charge on any atom is -0.478 e. The Labute approximate surface area is 113 Å². The summed E-state index contributed by atoms with van der Waals surface area (Å²) in [5, 5.41) is 12.6. The summed E-state index contributed by atoms with van der Waals surface area (Å²) in [4.78, 5) is 13.6. The zero-order valence-corrected chi connectivity index (χ0v) is 11.3. The van der Waals surface area contributed by atoms with E-state index >= 15 is 0 Å². The molecule has 0 saturated carbocycles. The lowest BCUT2D eigenvalue weighted by molar-refractivity contribution is 0.0696. The van der Waals surface area contributed by atoms with Crippen molar-refractivity contribution < 1.29 is 9.90 Å². The van der Waals surface area contributed by atoms with Crippen LogP contribution in [0.1, 0.15) is 35.7 Å². The van der Waals surface area contributed by atoms with Crippen molar-refractivity contribution in [3.8, 4) is 0 Å².